The Kier molecular flexibility index (Phi) is 7.53. The molecule has 3 nitrogen and oxygen atoms in total. The van der Waals surface area contributed by atoms with Crippen LogP contribution in [-0.4, -0.2) is 49.1 Å². The molecule has 0 N–H and O–H groups in total. The predicted octanol–water partition coefficient (Wildman–Crippen LogP) is 5.69. The molecular weight excluding hydrogens is 376 g/mol. The minimum atomic E-state index is 0.854. The molecule has 29 heavy (non-hydrogen) atoms. The summed E-state index contributed by atoms with van der Waals surface area (Å²) < 4.78 is 5.33. The molecule has 0 radical (unpaired) electrons. The Labute approximate surface area is 180 Å². The lowest BCUT2D eigenvalue weighted by molar-refractivity contribution is 0.0851. The standard InChI is InChI=1S/C25H34N2OS/c1-28-23-9-6-10-25(19-23)29-24-13-11-21(12-14-24)20-26-15-17-27(18-16-26)22-7-4-2-3-5-8-22/h6,9-14,19,22H,2-5,7-8,15-18,20H2,1H3. The van der Waals surface area contributed by atoms with Gasteiger partial charge in [-0.2, -0.15) is 0 Å². The number of piperazine rings is 1. The monoisotopic (exact) mass is 410 g/mol. The Bertz CT molecular complexity index is 748. The van der Waals surface area contributed by atoms with Crippen molar-refractivity contribution in [1.29, 1.82) is 0 Å². The molecule has 1 heterocycles. The summed E-state index contributed by atoms with van der Waals surface area (Å²) in [6, 6.07) is 18.2. The molecule has 0 spiro atoms. The van der Waals surface area contributed by atoms with Gasteiger partial charge in [-0.05, 0) is 48.7 Å². The summed E-state index contributed by atoms with van der Waals surface area (Å²) in [6.07, 6.45) is 8.61. The second-order valence-corrected chi connectivity index (χ2v) is 9.53. The Morgan fingerprint density at radius 1 is 0.862 bits per heavy atom. The molecule has 0 unspecified atom stereocenters. The maximum Gasteiger partial charge on any atom is 0.119 e. The van der Waals surface area contributed by atoms with E-state index in [0.717, 1.165) is 18.3 Å². The number of hydrogen-bond donors (Lipinski definition) is 0. The summed E-state index contributed by atoms with van der Waals surface area (Å²) >= 11 is 1.79. The van der Waals surface area contributed by atoms with Gasteiger partial charge in [-0.1, -0.05) is 55.6 Å². The number of methoxy groups -OCH3 is 1. The van der Waals surface area contributed by atoms with E-state index < -0.39 is 0 Å². The first-order valence-electron chi connectivity index (χ1n) is 11.2. The van der Waals surface area contributed by atoms with Crippen LogP contribution in [0, 0.1) is 0 Å². The van der Waals surface area contributed by atoms with Gasteiger partial charge in [0.05, 0.1) is 7.11 Å². The van der Waals surface area contributed by atoms with E-state index in [1.807, 2.05) is 12.1 Å². The van der Waals surface area contributed by atoms with Crippen LogP contribution in [0.15, 0.2) is 58.3 Å². The van der Waals surface area contributed by atoms with Crippen LogP contribution in [0.5, 0.6) is 5.75 Å². The van der Waals surface area contributed by atoms with Crippen molar-refractivity contribution in [2.75, 3.05) is 33.3 Å². The third kappa shape index (κ3) is 6.00. The number of rotatable bonds is 6. The molecule has 4 heteroatoms. The highest BCUT2D eigenvalue weighted by Gasteiger charge is 2.24. The van der Waals surface area contributed by atoms with E-state index in [2.05, 4.69) is 46.2 Å². The summed E-state index contributed by atoms with van der Waals surface area (Å²) in [5, 5.41) is 0. The Balaban J connectivity index is 1.26. The van der Waals surface area contributed by atoms with Gasteiger partial charge in [0.15, 0.2) is 0 Å². The van der Waals surface area contributed by atoms with Crippen molar-refractivity contribution in [3.05, 3.63) is 54.1 Å². The Morgan fingerprint density at radius 3 is 2.28 bits per heavy atom. The van der Waals surface area contributed by atoms with Crippen LogP contribution in [0.1, 0.15) is 44.1 Å². The largest absolute Gasteiger partial charge is 0.497 e. The first kappa shape index (κ1) is 20.8. The van der Waals surface area contributed by atoms with Crippen LogP contribution in [0.2, 0.25) is 0 Å². The SMILES string of the molecule is COc1cccc(Sc2ccc(CN3CCN(C4CCCCCC4)CC3)cc2)c1. The van der Waals surface area contributed by atoms with Gasteiger partial charge in [0, 0.05) is 48.6 Å². The number of hydrogen-bond acceptors (Lipinski definition) is 4. The van der Waals surface area contributed by atoms with Crippen LogP contribution in [-0.2, 0) is 6.54 Å². The zero-order valence-corrected chi connectivity index (χ0v) is 18.5. The van der Waals surface area contributed by atoms with Gasteiger partial charge in [-0.15, -0.1) is 0 Å². The van der Waals surface area contributed by atoms with Crippen LogP contribution in [0.25, 0.3) is 0 Å². The topological polar surface area (TPSA) is 15.7 Å². The molecular formula is C25H34N2OS. The van der Waals surface area contributed by atoms with Gasteiger partial charge < -0.3 is 4.74 Å². The Morgan fingerprint density at radius 2 is 1.59 bits per heavy atom. The molecule has 0 atom stereocenters. The molecule has 156 valence electrons. The smallest absolute Gasteiger partial charge is 0.119 e. The van der Waals surface area contributed by atoms with E-state index in [9.17, 15) is 0 Å². The van der Waals surface area contributed by atoms with Crippen LogP contribution >= 0.6 is 11.8 Å². The third-order valence-corrected chi connectivity index (χ3v) is 7.35. The van der Waals surface area contributed by atoms with Gasteiger partial charge >= 0.3 is 0 Å². The third-order valence-electron chi connectivity index (χ3n) is 6.35. The summed E-state index contributed by atoms with van der Waals surface area (Å²) in [6.45, 7) is 5.97. The van der Waals surface area contributed by atoms with E-state index in [0.29, 0.717) is 0 Å². The van der Waals surface area contributed by atoms with Crippen molar-refractivity contribution in [1.82, 2.24) is 9.80 Å². The molecule has 1 saturated carbocycles. The normalized spacial score (nSPS) is 19.8. The summed E-state index contributed by atoms with van der Waals surface area (Å²) in [4.78, 5) is 7.89. The summed E-state index contributed by atoms with van der Waals surface area (Å²) in [7, 11) is 1.72. The Hall–Kier alpha value is -1.49. The number of benzene rings is 2. The zero-order chi connectivity index (χ0) is 19.9. The lowest BCUT2D eigenvalue weighted by Gasteiger charge is -2.39. The molecule has 0 aromatic heterocycles. The molecule has 1 saturated heterocycles. The van der Waals surface area contributed by atoms with Crippen molar-refractivity contribution >= 4 is 11.8 Å². The molecule has 4 rings (SSSR count). The maximum atomic E-state index is 5.33. The minimum Gasteiger partial charge on any atom is -0.497 e. The van der Waals surface area contributed by atoms with Gasteiger partial charge in [0.2, 0.25) is 0 Å². The van der Waals surface area contributed by atoms with Crippen molar-refractivity contribution < 1.29 is 4.74 Å². The first-order valence-corrected chi connectivity index (χ1v) is 12.0. The predicted molar refractivity (Wildman–Crippen MR) is 122 cm³/mol. The molecule has 2 fully saturated rings. The van der Waals surface area contributed by atoms with Crippen molar-refractivity contribution in [2.24, 2.45) is 0 Å². The average Bonchev–Trinajstić information content (AvgIpc) is 3.05. The van der Waals surface area contributed by atoms with E-state index >= 15 is 0 Å². The molecule has 2 aromatic carbocycles. The minimum absolute atomic E-state index is 0.854. The lowest BCUT2D eigenvalue weighted by atomic mass is 10.1. The van der Waals surface area contributed by atoms with Crippen molar-refractivity contribution in [2.45, 2.75) is 60.9 Å². The zero-order valence-electron chi connectivity index (χ0n) is 17.7. The fraction of sp³-hybridized carbons (Fsp3) is 0.520. The fourth-order valence-corrected chi connectivity index (χ4v) is 5.50. The van der Waals surface area contributed by atoms with Crippen molar-refractivity contribution in [3.63, 3.8) is 0 Å². The van der Waals surface area contributed by atoms with Gasteiger partial charge in [0.25, 0.3) is 0 Å². The summed E-state index contributed by atoms with van der Waals surface area (Å²) in [5.74, 6) is 0.912. The summed E-state index contributed by atoms with van der Waals surface area (Å²) in [5.41, 5.74) is 1.42. The number of ether oxygens (including phenoxy) is 1. The van der Waals surface area contributed by atoms with E-state index in [1.165, 1.54) is 80.1 Å². The number of nitrogens with zero attached hydrogens (tertiary/aromatic N) is 2. The first-order chi connectivity index (χ1) is 14.3. The second kappa shape index (κ2) is 10.5. The highest BCUT2D eigenvalue weighted by Crippen LogP contribution is 2.30. The highest BCUT2D eigenvalue weighted by molar-refractivity contribution is 7.99. The molecule has 0 bridgehead atoms. The van der Waals surface area contributed by atoms with Gasteiger partial charge in [0.1, 0.15) is 5.75 Å². The van der Waals surface area contributed by atoms with Gasteiger partial charge in [-0.25, -0.2) is 0 Å². The highest BCUT2D eigenvalue weighted by atomic mass is 32.2. The maximum absolute atomic E-state index is 5.33. The van der Waals surface area contributed by atoms with Crippen LogP contribution in [0.3, 0.4) is 0 Å². The lowest BCUT2D eigenvalue weighted by Crippen LogP contribution is -2.49. The molecule has 2 aromatic rings. The molecule has 1 aliphatic carbocycles. The van der Waals surface area contributed by atoms with E-state index in [1.54, 1.807) is 18.9 Å². The fourth-order valence-electron chi connectivity index (χ4n) is 4.63. The van der Waals surface area contributed by atoms with E-state index in [-0.39, 0.29) is 0 Å². The van der Waals surface area contributed by atoms with Crippen LogP contribution < -0.4 is 4.74 Å². The van der Waals surface area contributed by atoms with Crippen molar-refractivity contribution in [3.8, 4) is 5.75 Å². The molecule has 1 aliphatic heterocycles. The van der Waals surface area contributed by atoms with E-state index in [4.69, 9.17) is 4.74 Å². The van der Waals surface area contributed by atoms with Gasteiger partial charge in [-0.3, -0.25) is 9.80 Å². The average molecular weight is 411 g/mol. The molecule has 0 amide bonds. The quantitative estimate of drug-likeness (QED) is 0.569. The second-order valence-electron chi connectivity index (χ2n) is 8.38. The van der Waals surface area contributed by atoms with Crippen LogP contribution in [0.4, 0.5) is 0 Å². The molecule has 2 aliphatic rings.